The van der Waals surface area contributed by atoms with Gasteiger partial charge in [-0.1, -0.05) is 37.1 Å². The van der Waals surface area contributed by atoms with E-state index in [2.05, 4.69) is 15.1 Å². The molecule has 9 heteroatoms. The summed E-state index contributed by atoms with van der Waals surface area (Å²) in [6, 6.07) is 16.1. The van der Waals surface area contributed by atoms with Crippen molar-refractivity contribution >= 4 is 28.5 Å². The highest BCUT2D eigenvalue weighted by Gasteiger charge is 2.20. The Hall–Kier alpha value is -3.82. The van der Waals surface area contributed by atoms with Crippen molar-refractivity contribution in [2.75, 3.05) is 57.8 Å². The topological polar surface area (TPSA) is 89.6 Å². The highest BCUT2D eigenvalue weighted by molar-refractivity contribution is 6.04. The minimum atomic E-state index is -0.626. The summed E-state index contributed by atoms with van der Waals surface area (Å²) in [4.78, 5) is 30.8. The highest BCUT2D eigenvalue weighted by Crippen LogP contribution is 2.34. The molecule has 0 saturated carbocycles. The molecule has 5 rings (SSSR count). The summed E-state index contributed by atoms with van der Waals surface area (Å²) < 4.78 is 23.8. The number of rotatable bonds is 11. The molecule has 0 bridgehead atoms. The number of ether oxygens (including phenoxy) is 4. The van der Waals surface area contributed by atoms with E-state index >= 15 is 0 Å². The maximum absolute atomic E-state index is 13.5. The van der Waals surface area contributed by atoms with E-state index in [9.17, 15) is 9.59 Å². The van der Waals surface area contributed by atoms with E-state index < -0.39 is 17.7 Å². The highest BCUT2D eigenvalue weighted by atomic mass is 16.6. The monoisotopic (exact) mass is 617 g/mol. The van der Waals surface area contributed by atoms with Gasteiger partial charge in [-0.05, 0) is 103 Å². The summed E-state index contributed by atoms with van der Waals surface area (Å²) in [5, 5.41) is 4.23. The number of hydrogen-bond donors (Lipinski definition) is 1. The number of carbonyl (C=O) groups is 2. The van der Waals surface area contributed by atoms with Gasteiger partial charge in [0, 0.05) is 23.9 Å². The van der Waals surface area contributed by atoms with Crippen molar-refractivity contribution in [2.45, 2.75) is 64.9 Å². The van der Waals surface area contributed by atoms with Crippen LogP contribution in [-0.2, 0) is 4.74 Å². The first-order chi connectivity index (χ1) is 21.7. The summed E-state index contributed by atoms with van der Waals surface area (Å²) in [7, 11) is 0. The van der Waals surface area contributed by atoms with Gasteiger partial charge in [0.15, 0.2) is 11.5 Å². The van der Waals surface area contributed by atoms with Gasteiger partial charge in [-0.25, -0.2) is 9.59 Å². The predicted octanol–water partition coefficient (Wildman–Crippen LogP) is 7.14. The molecule has 2 heterocycles. The standard InChI is InChI=1S/C36H47N3O6/c1-36(2,3)45-35(41)37-30-15-17-31(29-13-7-6-12-28(29)30)44-34(40)27-14-16-32(42-24-22-38-18-8-4-9-19-38)33(26-27)43-25-23-39-20-10-5-11-21-39/h6-7,12-17,26H,4-5,8-11,18-25H2,1-3H3,(H,37,41). The summed E-state index contributed by atoms with van der Waals surface area (Å²) in [5.74, 6) is 1.06. The van der Waals surface area contributed by atoms with E-state index in [1.54, 1.807) is 30.3 Å². The van der Waals surface area contributed by atoms with Gasteiger partial charge in [0.25, 0.3) is 0 Å². The molecule has 0 unspecified atom stereocenters. The Morgan fingerprint density at radius 3 is 1.91 bits per heavy atom. The Morgan fingerprint density at radius 1 is 0.711 bits per heavy atom. The summed E-state index contributed by atoms with van der Waals surface area (Å²) >= 11 is 0. The second kappa shape index (κ2) is 15.5. The van der Waals surface area contributed by atoms with Gasteiger partial charge < -0.3 is 18.9 Å². The van der Waals surface area contributed by atoms with Crippen LogP contribution in [0.1, 0.15) is 69.7 Å². The molecule has 1 amide bonds. The first-order valence-electron chi connectivity index (χ1n) is 16.3. The third kappa shape index (κ3) is 9.58. The van der Waals surface area contributed by atoms with Crippen molar-refractivity contribution in [1.29, 1.82) is 0 Å². The fraction of sp³-hybridized carbons (Fsp3) is 0.500. The normalized spacial score (nSPS) is 16.2. The Kier molecular flexibility index (Phi) is 11.2. The van der Waals surface area contributed by atoms with Crippen LogP contribution in [-0.4, -0.2) is 79.9 Å². The fourth-order valence-corrected chi connectivity index (χ4v) is 5.84. The molecule has 0 spiro atoms. The molecule has 3 aromatic carbocycles. The number of hydrogen-bond acceptors (Lipinski definition) is 8. The van der Waals surface area contributed by atoms with Crippen LogP contribution >= 0.6 is 0 Å². The lowest BCUT2D eigenvalue weighted by Gasteiger charge is -2.27. The molecule has 242 valence electrons. The van der Waals surface area contributed by atoms with Crippen molar-refractivity contribution in [3.05, 3.63) is 60.2 Å². The van der Waals surface area contributed by atoms with Gasteiger partial charge in [0.05, 0.1) is 11.3 Å². The molecule has 0 aliphatic carbocycles. The van der Waals surface area contributed by atoms with Crippen molar-refractivity contribution in [3.8, 4) is 17.2 Å². The van der Waals surface area contributed by atoms with Crippen LogP contribution in [0, 0.1) is 0 Å². The Labute approximate surface area is 266 Å². The number of fused-ring (bicyclic) bond motifs is 1. The van der Waals surface area contributed by atoms with Gasteiger partial charge in [0.2, 0.25) is 0 Å². The lowest BCUT2D eigenvalue weighted by atomic mass is 10.1. The van der Waals surface area contributed by atoms with Crippen molar-refractivity contribution in [2.24, 2.45) is 0 Å². The van der Waals surface area contributed by atoms with Crippen LogP contribution in [0.15, 0.2) is 54.6 Å². The fourth-order valence-electron chi connectivity index (χ4n) is 5.84. The van der Waals surface area contributed by atoms with Crippen LogP contribution in [0.25, 0.3) is 10.8 Å². The quantitative estimate of drug-likeness (QED) is 0.180. The number of esters is 1. The van der Waals surface area contributed by atoms with E-state index in [4.69, 9.17) is 18.9 Å². The molecular formula is C36H47N3O6. The number of nitrogens with zero attached hydrogens (tertiary/aromatic N) is 2. The van der Waals surface area contributed by atoms with Crippen LogP contribution in [0.2, 0.25) is 0 Å². The SMILES string of the molecule is CC(C)(C)OC(=O)Nc1ccc(OC(=O)c2ccc(OCCN3CCCCC3)c(OCCN3CCCCC3)c2)c2ccccc12. The molecule has 45 heavy (non-hydrogen) atoms. The minimum Gasteiger partial charge on any atom is -0.488 e. The number of anilines is 1. The van der Waals surface area contributed by atoms with E-state index in [0.717, 1.165) is 44.7 Å². The average molecular weight is 618 g/mol. The molecule has 2 fully saturated rings. The number of likely N-dealkylation sites (tertiary alicyclic amines) is 2. The number of carbonyl (C=O) groups excluding carboxylic acids is 2. The van der Waals surface area contributed by atoms with Crippen LogP contribution in [0.5, 0.6) is 17.2 Å². The average Bonchev–Trinajstić information content (AvgIpc) is 3.03. The van der Waals surface area contributed by atoms with E-state index in [0.29, 0.717) is 47.1 Å². The molecule has 2 saturated heterocycles. The van der Waals surface area contributed by atoms with E-state index in [-0.39, 0.29) is 0 Å². The van der Waals surface area contributed by atoms with Gasteiger partial charge in [-0.15, -0.1) is 0 Å². The lowest BCUT2D eigenvalue weighted by molar-refractivity contribution is 0.0634. The first kappa shape index (κ1) is 32.6. The molecular weight excluding hydrogens is 570 g/mol. The summed E-state index contributed by atoms with van der Waals surface area (Å²) in [6.45, 7) is 12.6. The zero-order chi connectivity index (χ0) is 31.6. The number of nitrogens with one attached hydrogen (secondary N) is 1. The first-order valence-corrected chi connectivity index (χ1v) is 16.3. The molecule has 2 aliphatic heterocycles. The van der Waals surface area contributed by atoms with Gasteiger partial charge >= 0.3 is 12.1 Å². The van der Waals surface area contributed by atoms with Crippen molar-refractivity contribution < 1.29 is 28.5 Å². The van der Waals surface area contributed by atoms with Crippen molar-refractivity contribution in [3.63, 3.8) is 0 Å². The molecule has 0 aromatic heterocycles. The van der Waals surface area contributed by atoms with Gasteiger partial charge in [0.1, 0.15) is 24.6 Å². The largest absolute Gasteiger partial charge is 0.488 e. The number of amides is 1. The molecule has 0 radical (unpaired) electrons. The van der Waals surface area contributed by atoms with Crippen LogP contribution in [0.3, 0.4) is 0 Å². The Balaban J connectivity index is 1.29. The molecule has 9 nitrogen and oxygen atoms in total. The second-order valence-corrected chi connectivity index (χ2v) is 12.8. The maximum atomic E-state index is 13.5. The number of piperidine rings is 2. The molecule has 1 N–H and O–H groups in total. The maximum Gasteiger partial charge on any atom is 0.412 e. The minimum absolute atomic E-state index is 0.367. The predicted molar refractivity (Wildman–Crippen MR) is 177 cm³/mol. The lowest BCUT2D eigenvalue weighted by Crippen LogP contribution is -2.33. The smallest absolute Gasteiger partial charge is 0.412 e. The van der Waals surface area contributed by atoms with Gasteiger partial charge in [-0.2, -0.15) is 0 Å². The summed E-state index contributed by atoms with van der Waals surface area (Å²) in [6.07, 6.45) is 6.95. The second-order valence-electron chi connectivity index (χ2n) is 12.8. The Morgan fingerprint density at radius 2 is 1.29 bits per heavy atom. The zero-order valence-corrected chi connectivity index (χ0v) is 26.9. The molecule has 2 aliphatic rings. The molecule has 0 atom stereocenters. The Bertz CT molecular complexity index is 1440. The third-order valence-electron chi connectivity index (χ3n) is 8.13. The summed E-state index contributed by atoms with van der Waals surface area (Å²) in [5.41, 5.74) is 0.306. The molecule has 3 aromatic rings. The van der Waals surface area contributed by atoms with E-state index in [1.807, 2.05) is 45.0 Å². The van der Waals surface area contributed by atoms with Crippen molar-refractivity contribution in [1.82, 2.24) is 9.80 Å². The third-order valence-corrected chi connectivity index (χ3v) is 8.13. The van der Waals surface area contributed by atoms with Gasteiger partial charge in [-0.3, -0.25) is 15.1 Å². The van der Waals surface area contributed by atoms with Crippen LogP contribution < -0.4 is 19.5 Å². The zero-order valence-electron chi connectivity index (χ0n) is 26.9. The number of benzene rings is 3. The van der Waals surface area contributed by atoms with E-state index in [1.165, 1.54) is 38.5 Å². The van der Waals surface area contributed by atoms with Crippen LogP contribution in [0.4, 0.5) is 10.5 Å².